The largest absolute Gasteiger partial charge is 0.492 e. The molecule has 1 aromatic carbocycles. The van der Waals surface area contributed by atoms with Gasteiger partial charge in [0.05, 0.1) is 44.0 Å². The molecule has 5 rings (SSSR count). The van der Waals surface area contributed by atoms with Gasteiger partial charge < -0.3 is 53.4 Å². The lowest BCUT2D eigenvalue weighted by atomic mass is 9.94. The van der Waals surface area contributed by atoms with Gasteiger partial charge in [-0.05, 0) is 31.2 Å². The highest BCUT2D eigenvalue weighted by molar-refractivity contribution is 8.01. The van der Waals surface area contributed by atoms with Crippen LogP contribution in [0.1, 0.15) is 20.3 Å². The molecular weight excluding hydrogens is 732 g/mol. The molecule has 2 aromatic rings. The predicted octanol–water partition coefficient (Wildman–Crippen LogP) is -1.14. The Hall–Kier alpha value is -4.11. The van der Waals surface area contributed by atoms with Crippen molar-refractivity contribution >= 4 is 58.0 Å². The third kappa shape index (κ3) is 10.8. The molecule has 54 heavy (non-hydrogen) atoms. The van der Waals surface area contributed by atoms with Gasteiger partial charge in [-0.15, -0.1) is 11.8 Å². The van der Waals surface area contributed by atoms with Crippen LogP contribution in [0.25, 0.3) is 10.9 Å². The Morgan fingerprint density at radius 3 is 2.56 bits per heavy atom. The second-order valence-electron chi connectivity index (χ2n) is 12.9. The van der Waals surface area contributed by atoms with E-state index < -0.39 is 47.8 Å². The molecule has 1 aromatic heterocycles. The summed E-state index contributed by atoms with van der Waals surface area (Å²) in [6.07, 6.45) is -2.72. The van der Waals surface area contributed by atoms with Gasteiger partial charge >= 0.3 is 5.97 Å². The molecule has 6 atom stereocenters. The minimum atomic E-state index is -1.35. The molecule has 19 heteroatoms. The van der Waals surface area contributed by atoms with E-state index in [1.807, 2.05) is 6.07 Å². The Labute approximate surface area is 315 Å². The van der Waals surface area contributed by atoms with Crippen molar-refractivity contribution < 1.29 is 67.4 Å². The number of amides is 4. The molecule has 3 saturated heterocycles. The molecule has 0 bridgehead atoms. The van der Waals surface area contributed by atoms with E-state index >= 15 is 0 Å². The average Bonchev–Trinajstić information content (AvgIpc) is 3.66. The summed E-state index contributed by atoms with van der Waals surface area (Å²) in [5, 5.41) is 24.0. The van der Waals surface area contributed by atoms with Gasteiger partial charge in [-0.2, -0.15) is 0 Å². The lowest BCUT2D eigenvalue weighted by molar-refractivity contribution is -0.296. The molecule has 0 radical (unpaired) electrons. The first-order valence-corrected chi connectivity index (χ1v) is 18.6. The number of ketones is 1. The van der Waals surface area contributed by atoms with E-state index in [-0.39, 0.29) is 108 Å². The number of esters is 1. The zero-order chi connectivity index (χ0) is 38.8. The van der Waals surface area contributed by atoms with Crippen molar-refractivity contribution in [3.63, 3.8) is 0 Å². The molecule has 0 spiro atoms. The van der Waals surface area contributed by atoms with Crippen LogP contribution in [0.15, 0.2) is 30.5 Å². The number of carbonyl (C=O) groups is 6. The maximum atomic E-state index is 12.5. The van der Waals surface area contributed by atoms with Gasteiger partial charge in [-0.1, -0.05) is 0 Å². The van der Waals surface area contributed by atoms with Crippen molar-refractivity contribution in [2.45, 2.75) is 62.7 Å². The molecule has 3 fully saturated rings. The van der Waals surface area contributed by atoms with Crippen molar-refractivity contribution in [3.8, 4) is 5.75 Å². The topological polar surface area (TPSA) is 222 Å². The maximum absolute atomic E-state index is 12.5. The zero-order valence-electron chi connectivity index (χ0n) is 30.1. The van der Waals surface area contributed by atoms with Crippen LogP contribution in [0.3, 0.4) is 0 Å². The highest BCUT2D eigenvalue weighted by Gasteiger charge is 2.50. The number of nitrogens with zero attached hydrogens (tertiary/aromatic N) is 3. The van der Waals surface area contributed by atoms with Gasteiger partial charge in [0.2, 0.25) is 23.6 Å². The number of rotatable bonds is 19. The number of aliphatic hydroxyl groups is 2. The minimum Gasteiger partial charge on any atom is -0.492 e. The molecular formula is C35H46N4O14S. The number of carbonyl (C=O) groups excluding carboxylic acids is 6. The maximum Gasteiger partial charge on any atom is 0.326 e. The lowest BCUT2D eigenvalue weighted by Crippen LogP contribution is -2.68. The SMILES string of the molecule is CC(=O)CSC1CC(=O)N(CCOc2ccc3c(ccn3CC(=O)OCCOCCOCC(=O)NCC3O[C@@H]4OCCN(C(C)=O)[C@@H]4[C@@H](O)[C@H]3O)c2)C1=O. The van der Waals surface area contributed by atoms with Gasteiger partial charge in [0.15, 0.2) is 6.29 Å². The first kappa shape index (κ1) is 41.1. The smallest absolute Gasteiger partial charge is 0.326 e. The summed E-state index contributed by atoms with van der Waals surface area (Å²) in [5.74, 6) is -1.12. The molecule has 18 nitrogen and oxygen atoms in total. The molecule has 4 amide bonds. The van der Waals surface area contributed by atoms with Gasteiger partial charge in [0.1, 0.15) is 62.3 Å². The quantitative estimate of drug-likeness (QED) is 0.0872. The number of ether oxygens (including phenoxy) is 6. The Kier molecular flexibility index (Phi) is 14.8. The van der Waals surface area contributed by atoms with E-state index in [2.05, 4.69) is 5.32 Å². The first-order chi connectivity index (χ1) is 25.9. The number of aliphatic hydroxyl groups excluding tert-OH is 2. The molecule has 3 aliphatic heterocycles. The van der Waals surface area contributed by atoms with Gasteiger partial charge in [-0.25, -0.2) is 0 Å². The van der Waals surface area contributed by atoms with E-state index in [4.69, 9.17) is 28.4 Å². The molecule has 4 heterocycles. The number of nitrogens with one attached hydrogen (secondary N) is 1. The molecule has 0 aliphatic carbocycles. The van der Waals surface area contributed by atoms with E-state index in [0.29, 0.717) is 5.75 Å². The number of benzene rings is 1. The number of morpholine rings is 1. The summed E-state index contributed by atoms with van der Waals surface area (Å²) in [6, 6.07) is 6.30. The summed E-state index contributed by atoms with van der Waals surface area (Å²) in [4.78, 5) is 75.2. The van der Waals surface area contributed by atoms with Crippen LogP contribution in [-0.4, -0.2) is 167 Å². The summed E-state index contributed by atoms with van der Waals surface area (Å²) in [6.45, 7) is 3.46. The van der Waals surface area contributed by atoms with Crippen molar-refractivity contribution in [2.75, 3.05) is 71.6 Å². The zero-order valence-corrected chi connectivity index (χ0v) is 30.9. The lowest BCUT2D eigenvalue weighted by Gasteiger charge is -2.49. The Morgan fingerprint density at radius 2 is 1.78 bits per heavy atom. The number of thioether (sulfide) groups is 1. The van der Waals surface area contributed by atoms with Gasteiger partial charge in [0, 0.05) is 43.5 Å². The number of fused-ring (bicyclic) bond motifs is 2. The third-order valence-corrected chi connectivity index (χ3v) is 10.3. The molecule has 296 valence electrons. The van der Waals surface area contributed by atoms with Crippen LogP contribution in [0.4, 0.5) is 0 Å². The summed E-state index contributed by atoms with van der Waals surface area (Å²) in [5.41, 5.74) is 0.778. The van der Waals surface area contributed by atoms with Crippen molar-refractivity contribution in [2.24, 2.45) is 0 Å². The summed E-state index contributed by atoms with van der Waals surface area (Å²) >= 11 is 1.18. The van der Waals surface area contributed by atoms with Crippen LogP contribution in [-0.2, 0) is 59.0 Å². The number of Topliss-reactive ketones (excluding diaryl/α,β-unsaturated/α-hetero) is 1. The average molecular weight is 779 g/mol. The normalized spacial score (nSPS) is 24.1. The second kappa shape index (κ2) is 19.5. The Morgan fingerprint density at radius 1 is 1.00 bits per heavy atom. The monoisotopic (exact) mass is 778 g/mol. The highest BCUT2D eigenvalue weighted by Crippen LogP contribution is 2.29. The second-order valence-corrected chi connectivity index (χ2v) is 14.1. The highest BCUT2D eigenvalue weighted by atomic mass is 32.2. The fourth-order valence-electron chi connectivity index (χ4n) is 6.28. The first-order valence-electron chi connectivity index (χ1n) is 17.6. The van der Waals surface area contributed by atoms with Gasteiger partial charge in [0.25, 0.3) is 0 Å². The van der Waals surface area contributed by atoms with E-state index in [0.717, 1.165) is 10.9 Å². The van der Waals surface area contributed by atoms with E-state index in [9.17, 15) is 39.0 Å². The molecule has 3 N–H and O–H groups in total. The van der Waals surface area contributed by atoms with Crippen molar-refractivity contribution in [1.82, 2.24) is 19.7 Å². The van der Waals surface area contributed by atoms with Crippen molar-refractivity contribution in [1.29, 1.82) is 0 Å². The molecule has 0 saturated carbocycles. The van der Waals surface area contributed by atoms with Crippen molar-refractivity contribution in [3.05, 3.63) is 30.5 Å². The fourth-order valence-corrected chi connectivity index (χ4v) is 7.25. The van der Waals surface area contributed by atoms with E-state index in [1.54, 1.807) is 29.0 Å². The number of aromatic nitrogens is 1. The summed E-state index contributed by atoms with van der Waals surface area (Å²) in [7, 11) is 0. The predicted molar refractivity (Wildman–Crippen MR) is 189 cm³/mol. The van der Waals surface area contributed by atoms with Crippen LogP contribution >= 0.6 is 11.8 Å². The molecule has 2 unspecified atom stereocenters. The van der Waals surface area contributed by atoms with Gasteiger partial charge in [-0.3, -0.25) is 33.7 Å². The Bertz CT molecular complexity index is 1670. The van der Waals surface area contributed by atoms with Crippen LogP contribution < -0.4 is 10.1 Å². The standard InChI is InChI=1S/C35H46N4O14S/c1-21(40)20-54-27-16-29(43)39(34(27)47)8-9-50-24-3-4-25-23(15-24)5-6-37(25)18-30(44)51-14-13-48-11-12-49-19-28(42)36-17-26-32(45)33(46)31-35(53-26)52-10-7-38(31)22(2)41/h3-6,15,26-27,31-33,35,45-46H,7-14,16-20H2,1-2H3,(H,36,42)/t26?,27?,31-,32+,33-,35+/m1/s1. The number of likely N-dealkylation sites (tertiary alicyclic amines) is 1. The van der Waals surface area contributed by atoms with Crippen LogP contribution in [0.2, 0.25) is 0 Å². The van der Waals surface area contributed by atoms with Crippen LogP contribution in [0.5, 0.6) is 5.75 Å². The third-order valence-electron chi connectivity index (χ3n) is 8.96. The van der Waals surface area contributed by atoms with E-state index in [1.165, 1.54) is 35.4 Å². The Balaban J connectivity index is 0.913. The fraction of sp³-hybridized carbons (Fsp3) is 0.600. The number of hydrogen-bond donors (Lipinski definition) is 3. The van der Waals surface area contributed by atoms with Crippen LogP contribution in [0, 0.1) is 0 Å². The minimum absolute atomic E-state index is 0.0139. The number of hydrogen-bond acceptors (Lipinski definition) is 15. The number of imide groups is 1. The summed E-state index contributed by atoms with van der Waals surface area (Å²) < 4.78 is 34.8. The molecule has 3 aliphatic rings.